The molecule has 9 heteroatoms. The topological polar surface area (TPSA) is 85.5 Å². The second-order valence-electron chi connectivity index (χ2n) is 7.51. The number of aromatic nitrogens is 3. The van der Waals surface area contributed by atoms with Crippen LogP contribution >= 0.6 is 11.6 Å². The van der Waals surface area contributed by atoms with Crippen LogP contribution in [0.5, 0.6) is 11.5 Å². The summed E-state index contributed by atoms with van der Waals surface area (Å²) in [6.45, 7) is 3.47. The monoisotopic (exact) mass is 453 g/mol. The highest BCUT2D eigenvalue weighted by Gasteiger charge is 2.12. The fourth-order valence-corrected chi connectivity index (χ4v) is 3.34. The molecule has 0 aliphatic rings. The Kier molecular flexibility index (Phi) is 6.72. The lowest BCUT2D eigenvalue weighted by atomic mass is 10.2. The molecule has 0 saturated heterocycles. The van der Waals surface area contributed by atoms with Crippen molar-refractivity contribution in [3.05, 3.63) is 65.3 Å². The Bertz CT molecular complexity index is 1210. The van der Waals surface area contributed by atoms with Crippen molar-refractivity contribution in [1.29, 1.82) is 0 Å². The first-order valence-electron chi connectivity index (χ1n) is 10.1. The third kappa shape index (κ3) is 5.27. The van der Waals surface area contributed by atoms with E-state index in [1.54, 1.807) is 12.1 Å². The Morgan fingerprint density at radius 2 is 1.94 bits per heavy atom. The molecule has 2 heterocycles. The molecule has 8 nitrogen and oxygen atoms in total. The standard InChI is InChI=1S/C23H24ClN5O3/c1-15-11-17(28-32-15)13-31-20-8-7-16(12-18(20)24)27-23-22-19(25-14-26-23)5-4-6-21(22)30-10-9-29(2)3/h4-8,11-12,14H,9-10,13H2,1-3H3,(H,25,26,27). The number of rotatable bonds is 9. The minimum atomic E-state index is 0.272. The van der Waals surface area contributed by atoms with Gasteiger partial charge in [-0.2, -0.15) is 0 Å². The van der Waals surface area contributed by atoms with Gasteiger partial charge in [-0.3, -0.25) is 0 Å². The number of hydrogen-bond acceptors (Lipinski definition) is 8. The number of hydrogen-bond donors (Lipinski definition) is 1. The average molecular weight is 454 g/mol. The maximum Gasteiger partial charge on any atom is 0.145 e. The summed E-state index contributed by atoms with van der Waals surface area (Å²) in [7, 11) is 4.01. The van der Waals surface area contributed by atoms with E-state index in [-0.39, 0.29) is 6.61 Å². The number of nitrogens with one attached hydrogen (secondary N) is 1. The summed E-state index contributed by atoms with van der Waals surface area (Å²) in [6.07, 6.45) is 1.52. The summed E-state index contributed by atoms with van der Waals surface area (Å²) in [5, 5.41) is 8.52. The lowest BCUT2D eigenvalue weighted by Crippen LogP contribution is -2.19. The quantitative estimate of drug-likeness (QED) is 0.385. The summed E-state index contributed by atoms with van der Waals surface area (Å²) in [6, 6.07) is 13.0. The van der Waals surface area contributed by atoms with Gasteiger partial charge in [0.05, 0.1) is 15.9 Å². The number of likely N-dealkylation sites (N-methyl/N-ethyl adjacent to an activating group) is 1. The zero-order valence-electron chi connectivity index (χ0n) is 18.1. The van der Waals surface area contributed by atoms with Gasteiger partial charge in [0.2, 0.25) is 0 Å². The van der Waals surface area contributed by atoms with E-state index in [4.69, 9.17) is 25.6 Å². The first-order chi connectivity index (χ1) is 15.5. The Morgan fingerprint density at radius 3 is 2.69 bits per heavy atom. The molecule has 0 fully saturated rings. The molecule has 0 radical (unpaired) electrons. The average Bonchev–Trinajstić information content (AvgIpc) is 3.18. The van der Waals surface area contributed by atoms with Crippen LogP contribution in [0.2, 0.25) is 5.02 Å². The van der Waals surface area contributed by atoms with E-state index in [0.29, 0.717) is 28.9 Å². The Labute approximate surface area is 191 Å². The molecule has 0 saturated carbocycles. The molecule has 2 aromatic carbocycles. The smallest absolute Gasteiger partial charge is 0.145 e. The number of fused-ring (bicyclic) bond motifs is 1. The lowest BCUT2D eigenvalue weighted by Gasteiger charge is -2.15. The van der Waals surface area contributed by atoms with Crippen LogP contribution in [0, 0.1) is 6.92 Å². The highest BCUT2D eigenvalue weighted by Crippen LogP contribution is 2.34. The van der Waals surface area contributed by atoms with Crippen LogP contribution in [-0.4, -0.2) is 47.3 Å². The van der Waals surface area contributed by atoms with Crippen molar-refractivity contribution in [1.82, 2.24) is 20.0 Å². The molecule has 0 bridgehead atoms. The number of anilines is 2. The van der Waals surface area contributed by atoms with Crippen molar-refractivity contribution in [2.24, 2.45) is 0 Å². The van der Waals surface area contributed by atoms with E-state index in [1.807, 2.05) is 51.4 Å². The van der Waals surface area contributed by atoms with Crippen molar-refractivity contribution in [3.63, 3.8) is 0 Å². The maximum absolute atomic E-state index is 6.44. The van der Waals surface area contributed by atoms with E-state index < -0.39 is 0 Å². The number of benzene rings is 2. The molecule has 0 aliphatic heterocycles. The first kappa shape index (κ1) is 21.9. The van der Waals surface area contributed by atoms with E-state index in [0.717, 1.165) is 34.6 Å². The molecule has 0 unspecified atom stereocenters. The predicted octanol–water partition coefficient (Wildman–Crippen LogP) is 4.84. The van der Waals surface area contributed by atoms with Crippen LogP contribution in [0.1, 0.15) is 11.5 Å². The molecular weight excluding hydrogens is 430 g/mol. The van der Waals surface area contributed by atoms with Crippen LogP contribution in [0.15, 0.2) is 53.3 Å². The second kappa shape index (κ2) is 9.84. The maximum atomic E-state index is 6.44. The Balaban J connectivity index is 1.53. The second-order valence-corrected chi connectivity index (χ2v) is 7.92. The summed E-state index contributed by atoms with van der Waals surface area (Å²) in [5.41, 5.74) is 2.26. The molecule has 32 heavy (non-hydrogen) atoms. The SMILES string of the molecule is Cc1cc(COc2ccc(Nc3ncnc4cccc(OCCN(C)C)c34)cc2Cl)no1. The zero-order valence-corrected chi connectivity index (χ0v) is 18.9. The van der Waals surface area contributed by atoms with Gasteiger partial charge >= 0.3 is 0 Å². The van der Waals surface area contributed by atoms with Gasteiger partial charge in [0.25, 0.3) is 0 Å². The number of halogens is 1. The van der Waals surface area contributed by atoms with Crippen molar-refractivity contribution >= 4 is 34.0 Å². The molecule has 0 aliphatic carbocycles. The highest BCUT2D eigenvalue weighted by atomic mass is 35.5. The van der Waals surface area contributed by atoms with Crippen LogP contribution in [0.3, 0.4) is 0 Å². The Hall–Kier alpha value is -3.36. The molecule has 166 valence electrons. The van der Waals surface area contributed by atoms with E-state index in [9.17, 15) is 0 Å². The lowest BCUT2D eigenvalue weighted by molar-refractivity contribution is 0.263. The molecular formula is C23H24ClN5O3. The molecule has 0 amide bonds. The summed E-state index contributed by atoms with van der Waals surface area (Å²) in [5.74, 6) is 2.65. The Morgan fingerprint density at radius 1 is 1.06 bits per heavy atom. The van der Waals surface area contributed by atoms with Gasteiger partial charge < -0.3 is 24.2 Å². The highest BCUT2D eigenvalue weighted by molar-refractivity contribution is 6.32. The van der Waals surface area contributed by atoms with Gasteiger partial charge in [0.15, 0.2) is 0 Å². The molecule has 4 aromatic rings. The molecule has 4 rings (SSSR count). The van der Waals surface area contributed by atoms with Crippen LogP contribution in [-0.2, 0) is 6.61 Å². The van der Waals surface area contributed by atoms with Crippen molar-refractivity contribution < 1.29 is 14.0 Å². The number of aryl methyl sites for hydroxylation is 1. The summed E-state index contributed by atoms with van der Waals surface area (Å²) >= 11 is 6.44. The van der Waals surface area contributed by atoms with Crippen LogP contribution < -0.4 is 14.8 Å². The minimum absolute atomic E-state index is 0.272. The predicted molar refractivity (Wildman–Crippen MR) is 124 cm³/mol. The third-order valence-corrected chi connectivity index (χ3v) is 4.96. The van der Waals surface area contributed by atoms with Crippen molar-refractivity contribution in [3.8, 4) is 11.5 Å². The van der Waals surface area contributed by atoms with E-state index in [1.165, 1.54) is 6.33 Å². The van der Waals surface area contributed by atoms with Crippen LogP contribution in [0.4, 0.5) is 11.5 Å². The van der Waals surface area contributed by atoms with Gasteiger partial charge in [-0.1, -0.05) is 22.8 Å². The van der Waals surface area contributed by atoms with Gasteiger partial charge in [-0.05, 0) is 51.4 Å². The van der Waals surface area contributed by atoms with E-state index >= 15 is 0 Å². The van der Waals surface area contributed by atoms with Crippen molar-refractivity contribution in [2.45, 2.75) is 13.5 Å². The van der Waals surface area contributed by atoms with Gasteiger partial charge in [-0.15, -0.1) is 0 Å². The fourth-order valence-electron chi connectivity index (χ4n) is 3.10. The van der Waals surface area contributed by atoms with Crippen LogP contribution in [0.25, 0.3) is 10.9 Å². The van der Waals surface area contributed by atoms with E-state index in [2.05, 4.69) is 25.3 Å². The molecule has 2 aromatic heterocycles. The van der Waals surface area contributed by atoms with Gasteiger partial charge in [-0.25, -0.2) is 9.97 Å². The van der Waals surface area contributed by atoms with Gasteiger partial charge in [0, 0.05) is 18.3 Å². The molecule has 1 N–H and O–H groups in total. The summed E-state index contributed by atoms with van der Waals surface area (Å²) in [4.78, 5) is 10.9. The minimum Gasteiger partial charge on any atom is -0.491 e. The zero-order chi connectivity index (χ0) is 22.5. The molecule has 0 atom stereocenters. The normalized spacial score (nSPS) is 11.2. The molecule has 0 spiro atoms. The number of ether oxygens (including phenoxy) is 2. The number of nitrogens with zero attached hydrogens (tertiary/aromatic N) is 4. The van der Waals surface area contributed by atoms with Crippen molar-refractivity contribution in [2.75, 3.05) is 32.6 Å². The van der Waals surface area contributed by atoms with Gasteiger partial charge in [0.1, 0.15) is 48.3 Å². The first-order valence-corrected chi connectivity index (χ1v) is 10.5. The summed E-state index contributed by atoms with van der Waals surface area (Å²) < 4.78 is 16.8. The fraction of sp³-hybridized carbons (Fsp3) is 0.261. The largest absolute Gasteiger partial charge is 0.491 e. The third-order valence-electron chi connectivity index (χ3n) is 4.67.